The summed E-state index contributed by atoms with van der Waals surface area (Å²) in [7, 11) is 0. The lowest BCUT2D eigenvalue weighted by Gasteiger charge is -2.24. The van der Waals surface area contributed by atoms with E-state index in [1.807, 2.05) is 6.07 Å². The molecule has 2 amide bonds. The lowest BCUT2D eigenvalue weighted by atomic mass is 9.93. The van der Waals surface area contributed by atoms with E-state index in [2.05, 4.69) is 10.6 Å². The molecule has 4 rings (SSSR count). The molecule has 0 saturated carbocycles. The number of nitrogens with zero attached hydrogens (tertiary/aromatic N) is 1. The molecular weight excluding hydrogens is 542 g/mol. The highest BCUT2D eigenvalue weighted by molar-refractivity contribution is 6.05. The second kappa shape index (κ2) is 13.2. The molecule has 1 aromatic heterocycles. The minimum atomic E-state index is -1.02. The highest BCUT2D eigenvalue weighted by atomic mass is 16.7. The van der Waals surface area contributed by atoms with Crippen LogP contribution >= 0.6 is 0 Å². The van der Waals surface area contributed by atoms with E-state index in [0.29, 0.717) is 17.1 Å². The van der Waals surface area contributed by atoms with Crippen molar-refractivity contribution in [2.75, 3.05) is 13.4 Å². The molecule has 0 radical (unpaired) electrons. The fourth-order valence-corrected chi connectivity index (χ4v) is 4.63. The number of rotatable bonds is 12. The molecule has 0 fully saturated rings. The van der Waals surface area contributed by atoms with E-state index in [0.717, 1.165) is 10.3 Å². The monoisotopic (exact) mass is 577 g/mol. The van der Waals surface area contributed by atoms with Gasteiger partial charge in [0.1, 0.15) is 6.61 Å². The van der Waals surface area contributed by atoms with Crippen molar-refractivity contribution in [3.8, 4) is 23.3 Å². The zero-order chi connectivity index (χ0) is 30.4. The minimum absolute atomic E-state index is 0.134. The molecule has 11 heteroatoms. The maximum absolute atomic E-state index is 13.5. The number of amides is 2. The van der Waals surface area contributed by atoms with E-state index in [4.69, 9.17) is 14.3 Å². The molecule has 1 aliphatic rings. The van der Waals surface area contributed by atoms with Gasteiger partial charge in [0, 0.05) is 11.6 Å². The average Bonchev–Trinajstić information content (AvgIpc) is 3.52. The van der Waals surface area contributed by atoms with E-state index >= 15 is 0 Å². The van der Waals surface area contributed by atoms with Crippen molar-refractivity contribution in [1.82, 2.24) is 15.4 Å². The van der Waals surface area contributed by atoms with Crippen LogP contribution in [0.5, 0.6) is 23.3 Å². The van der Waals surface area contributed by atoms with Crippen molar-refractivity contribution >= 4 is 23.7 Å². The SMILES string of the molecule is CCOn1c(O)c(C)c(C(=O)[C@@H](NC(=O)C[C@H](NC(=O)C=Cc2ccc3c(c2)OCO3)c2ccccc2)C(C)C)c1O. The molecule has 0 spiro atoms. The number of aromatic nitrogens is 1. The molecule has 0 bridgehead atoms. The first-order valence-corrected chi connectivity index (χ1v) is 13.6. The number of aromatic hydroxyl groups is 2. The molecule has 0 aliphatic carbocycles. The molecule has 2 heterocycles. The van der Waals surface area contributed by atoms with Crippen LogP contribution in [-0.4, -0.2) is 52.0 Å². The van der Waals surface area contributed by atoms with E-state index < -0.39 is 41.4 Å². The summed E-state index contributed by atoms with van der Waals surface area (Å²) in [5, 5.41) is 26.6. The Kier molecular flexibility index (Phi) is 9.41. The van der Waals surface area contributed by atoms with Crippen LogP contribution in [-0.2, 0) is 9.59 Å². The van der Waals surface area contributed by atoms with Crippen molar-refractivity contribution in [3.05, 3.63) is 76.9 Å². The highest BCUT2D eigenvalue weighted by Crippen LogP contribution is 2.34. The van der Waals surface area contributed by atoms with Crippen molar-refractivity contribution in [2.45, 2.75) is 46.2 Å². The smallest absolute Gasteiger partial charge is 0.244 e. The quantitative estimate of drug-likeness (QED) is 0.188. The van der Waals surface area contributed by atoms with E-state index in [1.165, 1.54) is 13.0 Å². The highest BCUT2D eigenvalue weighted by Gasteiger charge is 2.33. The maximum atomic E-state index is 13.5. The Morgan fingerprint density at radius 2 is 1.74 bits per heavy atom. The van der Waals surface area contributed by atoms with E-state index in [-0.39, 0.29) is 36.9 Å². The lowest BCUT2D eigenvalue weighted by Crippen LogP contribution is -2.45. The number of ketones is 1. The molecule has 222 valence electrons. The number of carbonyl (C=O) groups is 3. The van der Waals surface area contributed by atoms with Gasteiger partial charge in [-0.2, -0.15) is 0 Å². The number of nitrogens with one attached hydrogen (secondary N) is 2. The third kappa shape index (κ3) is 6.68. The lowest BCUT2D eigenvalue weighted by molar-refractivity contribution is -0.123. The first-order chi connectivity index (χ1) is 20.1. The first-order valence-electron chi connectivity index (χ1n) is 13.6. The molecule has 4 N–H and O–H groups in total. The van der Waals surface area contributed by atoms with Gasteiger partial charge in [0.15, 0.2) is 17.3 Å². The zero-order valence-electron chi connectivity index (χ0n) is 23.9. The van der Waals surface area contributed by atoms with Crippen LogP contribution < -0.4 is 24.9 Å². The molecule has 0 unspecified atom stereocenters. The normalized spacial score (nSPS) is 13.6. The van der Waals surface area contributed by atoms with Crippen molar-refractivity contribution in [2.24, 2.45) is 5.92 Å². The standard InChI is InChI=1S/C31H35N3O8/c1-5-42-34-30(38)19(4)27(31(34)39)29(37)28(18(2)3)33-26(36)16-22(21-9-7-6-8-10-21)32-25(35)14-12-20-11-13-23-24(15-20)41-17-40-23/h6-15,18,22,28,38-39H,5,16-17H2,1-4H3,(H,32,35)(H,33,36)/t22-,28-/m0/s1. The Bertz CT molecular complexity index is 1480. The Labute approximate surface area is 243 Å². The molecule has 1 aliphatic heterocycles. The summed E-state index contributed by atoms with van der Waals surface area (Å²) < 4.78 is 11.5. The predicted molar refractivity (Wildman–Crippen MR) is 154 cm³/mol. The van der Waals surface area contributed by atoms with E-state index in [1.54, 1.807) is 69.3 Å². The molecular formula is C31H35N3O8. The summed E-state index contributed by atoms with van der Waals surface area (Å²) in [4.78, 5) is 44.9. The summed E-state index contributed by atoms with van der Waals surface area (Å²) in [5.74, 6) is -1.53. The van der Waals surface area contributed by atoms with Gasteiger partial charge in [-0.3, -0.25) is 14.4 Å². The number of Topliss-reactive ketones (excluding diaryl/α,β-unsaturated/α-hetero) is 1. The Morgan fingerprint density at radius 1 is 1.02 bits per heavy atom. The molecule has 2 atom stereocenters. The summed E-state index contributed by atoms with van der Waals surface area (Å²) in [5.41, 5.74) is 1.44. The topological polar surface area (TPSA) is 148 Å². The Hall–Kier alpha value is -4.93. The molecule has 3 aromatic rings. The van der Waals surface area contributed by atoms with Gasteiger partial charge < -0.3 is 35.2 Å². The third-order valence-corrected chi connectivity index (χ3v) is 6.82. The largest absolute Gasteiger partial charge is 0.492 e. The van der Waals surface area contributed by atoms with Gasteiger partial charge in [-0.25, -0.2) is 0 Å². The van der Waals surface area contributed by atoms with Crippen molar-refractivity contribution < 1.29 is 38.9 Å². The second-order valence-corrected chi connectivity index (χ2v) is 10.1. The summed E-state index contributed by atoms with van der Waals surface area (Å²) in [6, 6.07) is 12.6. The second-order valence-electron chi connectivity index (χ2n) is 10.1. The first kappa shape index (κ1) is 30.0. The van der Waals surface area contributed by atoms with E-state index in [9.17, 15) is 24.6 Å². The Morgan fingerprint density at radius 3 is 2.43 bits per heavy atom. The summed E-state index contributed by atoms with van der Waals surface area (Å²) >= 11 is 0. The fourth-order valence-electron chi connectivity index (χ4n) is 4.63. The number of hydrogen-bond acceptors (Lipinski definition) is 8. The van der Waals surface area contributed by atoms with Gasteiger partial charge >= 0.3 is 0 Å². The van der Waals surface area contributed by atoms with Crippen LogP contribution in [0.1, 0.15) is 60.3 Å². The average molecular weight is 578 g/mol. The molecule has 11 nitrogen and oxygen atoms in total. The van der Waals surface area contributed by atoms with Gasteiger partial charge in [0.25, 0.3) is 0 Å². The number of benzene rings is 2. The zero-order valence-corrected chi connectivity index (χ0v) is 23.9. The number of hydrogen-bond donors (Lipinski definition) is 4. The predicted octanol–water partition coefficient (Wildman–Crippen LogP) is 3.67. The van der Waals surface area contributed by atoms with Crippen LogP contribution in [0.4, 0.5) is 0 Å². The van der Waals surface area contributed by atoms with Gasteiger partial charge in [0.2, 0.25) is 30.4 Å². The minimum Gasteiger partial charge on any atom is -0.492 e. The number of ether oxygens (including phenoxy) is 2. The van der Waals surface area contributed by atoms with Gasteiger partial charge in [0.05, 0.1) is 24.1 Å². The van der Waals surface area contributed by atoms with Gasteiger partial charge in [-0.1, -0.05) is 50.2 Å². The Balaban J connectivity index is 1.49. The summed E-state index contributed by atoms with van der Waals surface area (Å²) in [6.07, 6.45) is 2.85. The molecule has 42 heavy (non-hydrogen) atoms. The number of fused-ring (bicyclic) bond motifs is 1. The van der Waals surface area contributed by atoms with Crippen LogP contribution in [0.15, 0.2) is 54.6 Å². The van der Waals surface area contributed by atoms with Gasteiger partial charge in [-0.05, 0) is 49.1 Å². The molecule has 0 saturated heterocycles. The number of carbonyl (C=O) groups excluding carboxylic acids is 3. The third-order valence-electron chi connectivity index (χ3n) is 6.82. The van der Waals surface area contributed by atoms with Crippen molar-refractivity contribution in [1.29, 1.82) is 0 Å². The molecule has 2 aromatic carbocycles. The van der Waals surface area contributed by atoms with Crippen LogP contribution in [0, 0.1) is 12.8 Å². The maximum Gasteiger partial charge on any atom is 0.244 e. The van der Waals surface area contributed by atoms with Gasteiger partial charge in [-0.15, -0.1) is 4.73 Å². The van der Waals surface area contributed by atoms with Crippen LogP contribution in [0.2, 0.25) is 0 Å². The van der Waals surface area contributed by atoms with Crippen molar-refractivity contribution in [3.63, 3.8) is 0 Å². The summed E-state index contributed by atoms with van der Waals surface area (Å²) in [6.45, 7) is 6.96. The van der Waals surface area contributed by atoms with Crippen LogP contribution in [0.25, 0.3) is 6.08 Å². The van der Waals surface area contributed by atoms with Crippen LogP contribution in [0.3, 0.4) is 0 Å². The fraction of sp³-hybridized carbons (Fsp3) is 0.323.